The lowest BCUT2D eigenvalue weighted by Crippen LogP contribution is -2.47. The molecule has 0 saturated carbocycles. The summed E-state index contributed by atoms with van der Waals surface area (Å²) in [6, 6.07) is 19.6. The van der Waals surface area contributed by atoms with Crippen molar-refractivity contribution in [2.75, 3.05) is 36.0 Å². The normalized spacial score (nSPS) is 17.7. The molecule has 2 aromatic heterocycles. The number of nitrogens with zero attached hydrogens (tertiary/aromatic N) is 6. The van der Waals surface area contributed by atoms with E-state index in [0.717, 1.165) is 78.5 Å². The number of pyridine rings is 1. The molecule has 2 aromatic carbocycles. The van der Waals surface area contributed by atoms with Crippen LogP contribution in [0, 0.1) is 5.82 Å². The average Bonchev–Trinajstić information content (AvgIpc) is 3.44. The van der Waals surface area contributed by atoms with Crippen LogP contribution in [0.15, 0.2) is 84.2 Å². The maximum absolute atomic E-state index is 14.4. The molecule has 0 spiro atoms. The largest absolute Gasteiger partial charge is 0.353 e. The van der Waals surface area contributed by atoms with Gasteiger partial charge in [-0.3, -0.25) is 4.99 Å². The van der Waals surface area contributed by atoms with E-state index in [2.05, 4.69) is 58.3 Å². The number of piperazine rings is 1. The summed E-state index contributed by atoms with van der Waals surface area (Å²) in [6.45, 7) is 3.51. The minimum Gasteiger partial charge on any atom is -0.353 e. The van der Waals surface area contributed by atoms with Crippen molar-refractivity contribution in [3.8, 4) is 11.1 Å². The number of aromatic nitrogens is 3. The van der Waals surface area contributed by atoms with Crippen molar-refractivity contribution in [2.45, 2.75) is 18.9 Å². The predicted octanol–water partition coefficient (Wildman–Crippen LogP) is 4.83. The van der Waals surface area contributed by atoms with E-state index in [0.29, 0.717) is 5.56 Å². The molecule has 2 unspecified atom stereocenters. The molecule has 2 atom stereocenters. The summed E-state index contributed by atoms with van der Waals surface area (Å²) in [6.07, 6.45) is 7.29. The van der Waals surface area contributed by atoms with Gasteiger partial charge in [0.25, 0.3) is 0 Å². The number of rotatable bonds is 5. The first-order chi connectivity index (χ1) is 18.2. The molecule has 1 fully saturated rings. The predicted molar refractivity (Wildman–Crippen MR) is 150 cm³/mol. The van der Waals surface area contributed by atoms with Crippen LogP contribution in [0.3, 0.4) is 0 Å². The standard InChI is InChI=1S/C29H28FN6P/c30-23-4-3-5-26(37)28(23)25-12-11-24(34-25)21-9-7-20(8-10-21)22-18-32-29(33-19-22)36-16-14-35(15-17-36)27-6-1-2-13-31-27/h1-10,13,18-19,24H,11-12,14-17,37H2. The number of benzene rings is 2. The third-order valence-electron chi connectivity index (χ3n) is 7.10. The van der Waals surface area contributed by atoms with Crippen LogP contribution in [0.2, 0.25) is 0 Å². The Bertz CT molecular complexity index is 1380. The van der Waals surface area contributed by atoms with Gasteiger partial charge in [-0.1, -0.05) is 42.5 Å². The first-order valence-electron chi connectivity index (χ1n) is 12.6. The summed E-state index contributed by atoms with van der Waals surface area (Å²) < 4.78 is 14.4. The Hall–Kier alpha value is -3.70. The van der Waals surface area contributed by atoms with Gasteiger partial charge in [-0.15, -0.1) is 9.24 Å². The van der Waals surface area contributed by atoms with Crippen molar-refractivity contribution in [1.82, 2.24) is 15.0 Å². The van der Waals surface area contributed by atoms with Gasteiger partial charge in [0.2, 0.25) is 5.95 Å². The van der Waals surface area contributed by atoms with Gasteiger partial charge in [-0.25, -0.2) is 19.3 Å². The molecular weight excluding hydrogens is 482 g/mol. The quantitative estimate of drug-likeness (QED) is 0.360. The summed E-state index contributed by atoms with van der Waals surface area (Å²) >= 11 is 0. The van der Waals surface area contributed by atoms with Crippen LogP contribution in [0.25, 0.3) is 11.1 Å². The van der Waals surface area contributed by atoms with Gasteiger partial charge < -0.3 is 9.80 Å². The van der Waals surface area contributed by atoms with Gasteiger partial charge in [0.05, 0.1) is 6.04 Å². The zero-order valence-electron chi connectivity index (χ0n) is 20.5. The van der Waals surface area contributed by atoms with Crippen LogP contribution >= 0.6 is 9.24 Å². The lowest BCUT2D eigenvalue weighted by Gasteiger charge is -2.35. The minimum absolute atomic E-state index is 0.0523. The average molecular weight is 511 g/mol. The Morgan fingerprint density at radius 3 is 2.24 bits per heavy atom. The maximum atomic E-state index is 14.4. The fourth-order valence-corrected chi connectivity index (χ4v) is 5.49. The fourth-order valence-electron chi connectivity index (χ4n) is 5.07. The molecule has 0 aliphatic carbocycles. The highest BCUT2D eigenvalue weighted by Crippen LogP contribution is 2.33. The Kier molecular flexibility index (Phi) is 6.62. The lowest BCUT2D eigenvalue weighted by atomic mass is 10.0. The molecule has 2 aliphatic heterocycles. The van der Waals surface area contributed by atoms with Crippen LogP contribution in [0.4, 0.5) is 16.2 Å². The second-order valence-electron chi connectivity index (χ2n) is 9.39. The minimum atomic E-state index is -0.208. The van der Waals surface area contributed by atoms with Crippen molar-refractivity contribution < 1.29 is 4.39 Å². The topological polar surface area (TPSA) is 57.5 Å². The smallest absolute Gasteiger partial charge is 0.225 e. The van der Waals surface area contributed by atoms with Crippen LogP contribution in [-0.4, -0.2) is 46.8 Å². The van der Waals surface area contributed by atoms with E-state index in [1.54, 1.807) is 6.07 Å². The van der Waals surface area contributed by atoms with E-state index in [1.807, 2.05) is 42.9 Å². The molecule has 1 saturated heterocycles. The molecule has 6 rings (SSSR count). The molecule has 4 aromatic rings. The monoisotopic (exact) mass is 510 g/mol. The lowest BCUT2D eigenvalue weighted by molar-refractivity contribution is 0.626. The van der Waals surface area contributed by atoms with Crippen LogP contribution in [-0.2, 0) is 0 Å². The molecule has 4 heterocycles. The third-order valence-corrected chi connectivity index (χ3v) is 7.58. The summed E-state index contributed by atoms with van der Waals surface area (Å²) in [7, 11) is 2.62. The van der Waals surface area contributed by atoms with Gasteiger partial charge in [0.15, 0.2) is 0 Å². The molecule has 0 radical (unpaired) electrons. The molecular formula is C29H28FN6P. The number of hydrogen-bond acceptors (Lipinski definition) is 6. The molecule has 0 bridgehead atoms. The van der Waals surface area contributed by atoms with Gasteiger partial charge in [0.1, 0.15) is 11.6 Å². The highest BCUT2D eigenvalue weighted by Gasteiger charge is 2.23. The molecule has 0 amide bonds. The van der Waals surface area contributed by atoms with E-state index in [1.165, 1.54) is 6.07 Å². The summed E-state index contributed by atoms with van der Waals surface area (Å²) in [5, 5.41) is 0.855. The van der Waals surface area contributed by atoms with Gasteiger partial charge in [-0.05, 0) is 47.5 Å². The summed E-state index contributed by atoms with van der Waals surface area (Å²) in [5.74, 6) is 1.57. The fraction of sp³-hybridized carbons (Fsp3) is 0.241. The molecule has 186 valence electrons. The molecule has 0 N–H and O–H groups in total. The van der Waals surface area contributed by atoms with E-state index >= 15 is 0 Å². The van der Waals surface area contributed by atoms with Crippen LogP contribution in [0.1, 0.15) is 30.0 Å². The summed E-state index contributed by atoms with van der Waals surface area (Å²) in [4.78, 5) is 23.1. The van der Waals surface area contributed by atoms with E-state index in [-0.39, 0.29) is 11.9 Å². The second kappa shape index (κ2) is 10.3. The number of anilines is 2. The van der Waals surface area contributed by atoms with Crippen LogP contribution < -0.4 is 15.1 Å². The van der Waals surface area contributed by atoms with Crippen LogP contribution in [0.5, 0.6) is 0 Å². The number of hydrogen-bond donors (Lipinski definition) is 0. The second-order valence-corrected chi connectivity index (χ2v) is 10.0. The van der Waals surface area contributed by atoms with Crippen molar-refractivity contribution in [2.24, 2.45) is 4.99 Å². The van der Waals surface area contributed by atoms with Gasteiger partial charge in [-0.2, -0.15) is 0 Å². The van der Waals surface area contributed by atoms with Crippen molar-refractivity contribution in [3.05, 3.63) is 96.2 Å². The number of aliphatic imine (C=N–C) groups is 1. The Morgan fingerprint density at radius 2 is 1.54 bits per heavy atom. The summed E-state index contributed by atoms with van der Waals surface area (Å²) in [5.41, 5.74) is 4.67. The number of halogens is 1. The molecule has 8 heteroatoms. The Morgan fingerprint density at radius 1 is 0.784 bits per heavy atom. The highest BCUT2D eigenvalue weighted by molar-refractivity contribution is 7.27. The highest BCUT2D eigenvalue weighted by atomic mass is 31.0. The molecule has 37 heavy (non-hydrogen) atoms. The Balaban J connectivity index is 1.11. The SMILES string of the molecule is Fc1cccc(P)c1C1=NC(c2ccc(-c3cnc(N4CCN(c5ccccn5)CC4)nc3)cc2)CC1. The zero-order chi connectivity index (χ0) is 25.2. The first kappa shape index (κ1) is 23.7. The molecule has 6 nitrogen and oxygen atoms in total. The van der Waals surface area contributed by atoms with Crippen molar-refractivity contribution >= 4 is 32.0 Å². The van der Waals surface area contributed by atoms with E-state index in [9.17, 15) is 4.39 Å². The first-order valence-corrected chi connectivity index (χ1v) is 13.2. The van der Waals surface area contributed by atoms with E-state index < -0.39 is 0 Å². The van der Waals surface area contributed by atoms with Crippen molar-refractivity contribution in [1.29, 1.82) is 0 Å². The van der Waals surface area contributed by atoms with Gasteiger partial charge in [0, 0.05) is 61.6 Å². The van der Waals surface area contributed by atoms with E-state index in [4.69, 9.17) is 4.99 Å². The maximum Gasteiger partial charge on any atom is 0.225 e. The van der Waals surface area contributed by atoms with Gasteiger partial charge >= 0.3 is 0 Å². The molecule has 2 aliphatic rings. The zero-order valence-corrected chi connectivity index (χ0v) is 21.6. The third kappa shape index (κ3) is 4.96. The Labute approximate surface area is 218 Å². The van der Waals surface area contributed by atoms with Crippen molar-refractivity contribution in [3.63, 3.8) is 0 Å².